The molecule has 0 atom stereocenters. The van der Waals surface area contributed by atoms with Gasteiger partial charge >= 0.3 is 0 Å². The Morgan fingerprint density at radius 3 is 2.19 bits per heavy atom. The first-order chi connectivity index (χ1) is 12.9. The Bertz CT molecular complexity index is 1030. The Morgan fingerprint density at radius 2 is 1.56 bits per heavy atom. The molecule has 0 aliphatic heterocycles. The van der Waals surface area contributed by atoms with E-state index in [0.29, 0.717) is 0 Å². The fourth-order valence-electron chi connectivity index (χ4n) is 2.62. The Kier molecular flexibility index (Phi) is 6.46. The van der Waals surface area contributed by atoms with Crippen LogP contribution in [0.5, 0.6) is 0 Å². The number of sulfonamides is 1. The maximum absolute atomic E-state index is 12.6. The summed E-state index contributed by atoms with van der Waals surface area (Å²) in [6.45, 7) is 2.15. The summed E-state index contributed by atoms with van der Waals surface area (Å²) in [5.41, 5.74) is 3.96. The van der Waals surface area contributed by atoms with E-state index >= 15 is 0 Å². The van der Waals surface area contributed by atoms with Gasteiger partial charge in [-0.05, 0) is 76.6 Å². The average molecular weight is 489 g/mol. The summed E-state index contributed by atoms with van der Waals surface area (Å²) in [6, 6.07) is 24.8. The van der Waals surface area contributed by atoms with Gasteiger partial charge in [0, 0.05) is 10.1 Å². The van der Waals surface area contributed by atoms with E-state index in [0.717, 1.165) is 25.8 Å². The van der Waals surface area contributed by atoms with Gasteiger partial charge in [-0.15, -0.1) is 0 Å². The van der Waals surface area contributed by atoms with Gasteiger partial charge < -0.3 is 0 Å². The van der Waals surface area contributed by atoms with Crippen LogP contribution in [0.4, 0.5) is 0 Å². The lowest BCUT2D eigenvalue weighted by Gasteiger charge is -2.11. The van der Waals surface area contributed by atoms with Crippen LogP contribution in [0, 0.1) is 10.5 Å². The molecule has 0 aromatic heterocycles. The van der Waals surface area contributed by atoms with E-state index in [1.165, 1.54) is 0 Å². The van der Waals surface area contributed by atoms with Crippen molar-refractivity contribution in [3.8, 4) is 0 Å². The third-order valence-corrected chi connectivity index (χ3v) is 6.28. The molecule has 0 fully saturated rings. The predicted octanol–water partition coefficient (Wildman–Crippen LogP) is 5.12. The van der Waals surface area contributed by atoms with Crippen LogP contribution in [0.3, 0.4) is 0 Å². The molecule has 0 aliphatic rings. The highest BCUT2D eigenvalue weighted by atomic mass is 127. The molecule has 27 heavy (non-hydrogen) atoms. The Morgan fingerprint density at radius 1 is 0.926 bits per heavy atom. The van der Waals surface area contributed by atoms with Gasteiger partial charge in [0.15, 0.2) is 0 Å². The molecule has 0 bridgehead atoms. The first-order valence-corrected chi connectivity index (χ1v) is 11.1. The van der Waals surface area contributed by atoms with Gasteiger partial charge in [0.2, 0.25) is 10.0 Å². The first-order valence-electron chi connectivity index (χ1n) is 8.52. The molecular weight excluding hydrogens is 469 g/mol. The van der Waals surface area contributed by atoms with E-state index in [1.807, 2.05) is 67.6 Å². The van der Waals surface area contributed by atoms with Crippen molar-refractivity contribution in [2.75, 3.05) is 6.54 Å². The minimum absolute atomic E-state index is 0.214. The molecule has 3 aromatic rings. The molecule has 0 radical (unpaired) electrons. The third kappa shape index (κ3) is 5.51. The molecule has 0 aliphatic carbocycles. The molecule has 0 amide bonds. The smallest absolute Gasteiger partial charge is 0.207 e. The molecule has 3 aromatic carbocycles. The van der Waals surface area contributed by atoms with Gasteiger partial charge in [0.25, 0.3) is 0 Å². The van der Waals surface area contributed by atoms with Crippen LogP contribution >= 0.6 is 22.6 Å². The highest BCUT2D eigenvalue weighted by molar-refractivity contribution is 14.1. The summed E-state index contributed by atoms with van der Waals surface area (Å²) >= 11 is 2.27. The van der Waals surface area contributed by atoms with Crippen LogP contribution in [0.15, 0.2) is 83.8 Å². The van der Waals surface area contributed by atoms with Gasteiger partial charge in [0.05, 0.1) is 4.90 Å². The second kappa shape index (κ2) is 8.82. The van der Waals surface area contributed by atoms with Crippen molar-refractivity contribution < 1.29 is 8.42 Å². The van der Waals surface area contributed by atoms with Crippen LogP contribution in [0.1, 0.15) is 16.7 Å². The normalized spacial score (nSPS) is 12.1. The molecule has 5 heteroatoms. The zero-order valence-electron chi connectivity index (χ0n) is 14.9. The lowest BCUT2D eigenvalue weighted by molar-refractivity contribution is 0.586. The Hall–Kier alpha value is -1.96. The van der Waals surface area contributed by atoms with Gasteiger partial charge in [-0.3, -0.25) is 0 Å². The van der Waals surface area contributed by atoms with Crippen LogP contribution in [-0.2, 0) is 10.0 Å². The molecule has 138 valence electrons. The molecule has 0 spiro atoms. The minimum atomic E-state index is -3.57. The summed E-state index contributed by atoms with van der Waals surface area (Å²) in [6.07, 6.45) is 2.02. The van der Waals surface area contributed by atoms with E-state index in [-0.39, 0.29) is 11.4 Å². The van der Waals surface area contributed by atoms with E-state index in [9.17, 15) is 8.42 Å². The van der Waals surface area contributed by atoms with Crippen LogP contribution in [-0.4, -0.2) is 15.0 Å². The van der Waals surface area contributed by atoms with Crippen molar-refractivity contribution in [1.29, 1.82) is 0 Å². The summed E-state index contributed by atoms with van der Waals surface area (Å²) < 4.78 is 29.2. The topological polar surface area (TPSA) is 46.2 Å². The summed E-state index contributed by atoms with van der Waals surface area (Å²) in [4.78, 5) is 0.273. The first kappa shape index (κ1) is 19.8. The molecule has 3 nitrogen and oxygen atoms in total. The summed E-state index contributed by atoms with van der Waals surface area (Å²) in [7, 11) is -3.57. The van der Waals surface area contributed by atoms with E-state index in [1.54, 1.807) is 24.3 Å². The van der Waals surface area contributed by atoms with Crippen LogP contribution < -0.4 is 4.72 Å². The number of hydrogen-bond donors (Lipinski definition) is 1. The zero-order chi connectivity index (χ0) is 19.3. The van der Waals surface area contributed by atoms with Gasteiger partial charge in [0.1, 0.15) is 0 Å². The highest BCUT2D eigenvalue weighted by Crippen LogP contribution is 2.19. The maximum Gasteiger partial charge on any atom is 0.240 e. The van der Waals surface area contributed by atoms with Crippen molar-refractivity contribution in [3.63, 3.8) is 0 Å². The fraction of sp³-hybridized carbons (Fsp3) is 0.0909. The molecule has 0 saturated heterocycles. The quantitative estimate of drug-likeness (QED) is 0.386. The standard InChI is InChI=1S/C22H20INO2S/c1-17-7-13-22(14-8-17)27(25,26)24-16-20(19-5-3-2-4-6-19)15-18-9-11-21(23)12-10-18/h2-15,24H,16H2,1H3/b20-15-. The van der Waals surface area contributed by atoms with Crippen LogP contribution in [0.2, 0.25) is 0 Å². The predicted molar refractivity (Wildman–Crippen MR) is 120 cm³/mol. The largest absolute Gasteiger partial charge is 0.240 e. The lowest BCUT2D eigenvalue weighted by atomic mass is 10.0. The summed E-state index contributed by atoms with van der Waals surface area (Å²) in [5.74, 6) is 0. The third-order valence-electron chi connectivity index (χ3n) is 4.14. The van der Waals surface area contributed by atoms with E-state index in [2.05, 4.69) is 27.3 Å². The van der Waals surface area contributed by atoms with Crippen molar-refractivity contribution in [2.24, 2.45) is 0 Å². The Labute approximate surface area is 174 Å². The van der Waals surface area contributed by atoms with Crippen LogP contribution in [0.25, 0.3) is 11.6 Å². The van der Waals surface area contributed by atoms with Crippen molar-refractivity contribution in [3.05, 3.63) is 99.1 Å². The highest BCUT2D eigenvalue weighted by Gasteiger charge is 2.14. The Balaban J connectivity index is 1.88. The van der Waals surface area contributed by atoms with Gasteiger partial charge in [-0.25, -0.2) is 13.1 Å². The van der Waals surface area contributed by atoms with E-state index < -0.39 is 10.0 Å². The molecular formula is C22H20INO2S. The second-order valence-electron chi connectivity index (χ2n) is 6.22. The number of halogens is 1. The van der Waals surface area contributed by atoms with E-state index in [4.69, 9.17) is 0 Å². The minimum Gasteiger partial charge on any atom is -0.207 e. The SMILES string of the molecule is Cc1ccc(S(=O)(=O)NC/C(=C/c2ccc(I)cc2)c2ccccc2)cc1. The van der Waals surface area contributed by atoms with Gasteiger partial charge in [-0.2, -0.15) is 0 Å². The number of nitrogens with one attached hydrogen (secondary N) is 1. The number of aryl methyl sites for hydroxylation is 1. The molecule has 0 heterocycles. The van der Waals surface area contributed by atoms with Crippen molar-refractivity contribution >= 4 is 44.3 Å². The molecule has 0 saturated carbocycles. The number of rotatable bonds is 6. The van der Waals surface area contributed by atoms with Crippen molar-refractivity contribution in [2.45, 2.75) is 11.8 Å². The molecule has 1 N–H and O–H groups in total. The van der Waals surface area contributed by atoms with Gasteiger partial charge in [-0.1, -0.05) is 60.2 Å². The summed E-state index contributed by atoms with van der Waals surface area (Å²) in [5, 5.41) is 0. The number of hydrogen-bond acceptors (Lipinski definition) is 2. The average Bonchev–Trinajstić information content (AvgIpc) is 2.68. The lowest BCUT2D eigenvalue weighted by Crippen LogP contribution is -2.25. The number of benzene rings is 3. The second-order valence-corrected chi connectivity index (χ2v) is 9.24. The fourth-order valence-corrected chi connectivity index (χ4v) is 3.99. The molecule has 0 unspecified atom stereocenters. The monoisotopic (exact) mass is 489 g/mol. The van der Waals surface area contributed by atoms with Crippen molar-refractivity contribution in [1.82, 2.24) is 4.72 Å². The maximum atomic E-state index is 12.6. The molecule has 3 rings (SSSR count). The zero-order valence-corrected chi connectivity index (χ0v) is 17.9.